The molecule has 25 heavy (non-hydrogen) atoms. The second kappa shape index (κ2) is 7.85. The van der Waals surface area contributed by atoms with Gasteiger partial charge in [-0.3, -0.25) is 9.69 Å². The van der Waals surface area contributed by atoms with Gasteiger partial charge in [0, 0.05) is 51.8 Å². The number of ether oxygens (including phenoxy) is 2. The maximum absolute atomic E-state index is 11.5. The van der Waals surface area contributed by atoms with Crippen LogP contribution in [0.2, 0.25) is 0 Å². The van der Waals surface area contributed by atoms with Crippen LogP contribution < -0.4 is 0 Å². The maximum atomic E-state index is 11.5. The third kappa shape index (κ3) is 4.22. The molecule has 0 radical (unpaired) electrons. The van der Waals surface area contributed by atoms with Crippen molar-refractivity contribution >= 4 is 5.91 Å². The average molecular weight is 351 g/mol. The van der Waals surface area contributed by atoms with Crippen LogP contribution in [-0.4, -0.2) is 74.0 Å². The zero-order chi connectivity index (χ0) is 18.0. The molecule has 2 aliphatic rings. The Morgan fingerprint density at radius 1 is 1.36 bits per heavy atom. The Morgan fingerprint density at radius 3 is 2.84 bits per heavy atom. The minimum absolute atomic E-state index is 0.00653. The van der Waals surface area contributed by atoms with Crippen LogP contribution in [0.5, 0.6) is 0 Å². The van der Waals surface area contributed by atoms with Crippen molar-refractivity contribution in [1.82, 2.24) is 15.0 Å². The third-order valence-electron chi connectivity index (χ3n) is 5.43. The zero-order valence-electron chi connectivity index (χ0n) is 15.7. The summed E-state index contributed by atoms with van der Waals surface area (Å²) in [5.74, 6) is 1.97. The summed E-state index contributed by atoms with van der Waals surface area (Å²) in [5.41, 5.74) is 2.17. The zero-order valence-corrected chi connectivity index (χ0v) is 15.7. The molecule has 1 aromatic heterocycles. The molecule has 3 heterocycles. The van der Waals surface area contributed by atoms with Gasteiger partial charge in [-0.15, -0.1) is 0 Å². The Hall–Kier alpha value is -1.44. The lowest BCUT2D eigenvalue weighted by Crippen LogP contribution is -2.27. The lowest BCUT2D eigenvalue weighted by Gasteiger charge is -2.19. The molecule has 0 aromatic carbocycles. The fourth-order valence-electron chi connectivity index (χ4n) is 3.78. The first kappa shape index (κ1) is 18.4. The van der Waals surface area contributed by atoms with E-state index in [1.807, 2.05) is 13.8 Å². The number of rotatable bonds is 7. The fraction of sp³-hybridized carbons (Fsp3) is 0.778. The Bertz CT molecular complexity index is 582. The first-order chi connectivity index (χ1) is 12.0. The smallest absolute Gasteiger partial charge is 0.248 e. The van der Waals surface area contributed by atoms with Crippen molar-refractivity contribution in [2.24, 2.45) is 11.8 Å². The molecule has 0 N–H and O–H groups in total. The highest BCUT2D eigenvalue weighted by Crippen LogP contribution is 2.36. The number of aromatic nitrogens is 1. The first-order valence-corrected chi connectivity index (χ1v) is 8.99. The normalized spacial score (nSPS) is 26.2. The summed E-state index contributed by atoms with van der Waals surface area (Å²) in [5, 5.41) is 4.04. The minimum atomic E-state index is 0.00653. The monoisotopic (exact) mass is 351 g/mol. The first-order valence-electron chi connectivity index (χ1n) is 8.99. The maximum Gasteiger partial charge on any atom is 0.248 e. The van der Waals surface area contributed by atoms with Crippen LogP contribution >= 0.6 is 0 Å². The summed E-state index contributed by atoms with van der Waals surface area (Å²) in [4.78, 5) is 15.5. The van der Waals surface area contributed by atoms with Gasteiger partial charge in [0.25, 0.3) is 0 Å². The van der Waals surface area contributed by atoms with Crippen molar-refractivity contribution in [2.75, 3.05) is 47.0 Å². The standard InChI is InChI=1S/C18H29N3O4/c1-12-15(13(2)25-19-12)7-21-8-16-14(10-24-17(16)9-21)5-6-23-11-18(22)20(3)4/h14,16-17H,5-11H2,1-4H3/t14-,16-,17-/m0/s1. The van der Waals surface area contributed by atoms with Gasteiger partial charge in [0.1, 0.15) is 12.4 Å². The van der Waals surface area contributed by atoms with Crippen molar-refractivity contribution < 1.29 is 18.8 Å². The highest BCUT2D eigenvalue weighted by Gasteiger charge is 2.43. The highest BCUT2D eigenvalue weighted by atomic mass is 16.5. The summed E-state index contributed by atoms with van der Waals surface area (Å²) in [7, 11) is 3.49. The van der Waals surface area contributed by atoms with Crippen molar-refractivity contribution in [3.05, 3.63) is 17.0 Å². The van der Waals surface area contributed by atoms with Gasteiger partial charge in [0.2, 0.25) is 5.91 Å². The molecule has 0 saturated carbocycles. The topological polar surface area (TPSA) is 68.0 Å². The third-order valence-corrected chi connectivity index (χ3v) is 5.43. The molecule has 0 aliphatic carbocycles. The van der Waals surface area contributed by atoms with Gasteiger partial charge >= 0.3 is 0 Å². The number of carbonyl (C=O) groups is 1. The molecule has 0 bridgehead atoms. The van der Waals surface area contributed by atoms with Crippen LogP contribution in [0, 0.1) is 25.7 Å². The molecule has 7 heteroatoms. The molecule has 2 saturated heterocycles. The van der Waals surface area contributed by atoms with Gasteiger partial charge in [0.05, 0.1) is 18.4 Å². The number of hydrogen-bond donors (Lipinski definition) is 0. The molecule has 1 aromatic rings. The summed E-state index contributed by atoms with van der Waals surface area (Å²) < 4.78 is 16.8. The molecule has 0 unspecified atom stereocenters. The van der Waals surface area contributed by atoms with Crippen molar-refractivity contribution in [3.8, 4) is 0 Å². The molecule has 140 valence electrons. The number of likely N-dealkylation sites (N-methyl/N-ethyl adjacent to an activating group) is 1. The molecular formula is C18H29N3O4. The van der Waals surface area contributed by atoms with Crippen LogP contribution in [0.15, 0.2) is 4.52 Å². The van der Waals surface area contributed by atoms with E-state index in [0.29, 0.717) is 24.5 Å². The number of hydrogen-bond acceptors (Lipinski definition) is 6. The molecule has 7 nitrogen and oxygen atoms in total. The van der Waals surface area contributed by atoms with Crippen LogP contribution in [-0.2, 0) is 20.8 Å². The molecule has 2 fully saturated rings. The SMILES string of the molecule is Cc1noc(C)c1CN1C[C@H]2[C@@H](CCOCC(=O)N(C)C)CO[C@H]2C1. The van der Waals surface area contributed by atoms with Crippen molar-refractivity contribution in [3.63, 3.8) is 0 Å². The van der Waals surface area contributed by atoms with Gasteiger partial charge in [0.15, 0.2) is 0 Å². The second-order valence-corrected chi connectivity index (χ2v) is 7.42. The van der Waals surface area contributed by atoms with E-state index in [2.05, 4.69) is 10.1 Å². The molecule has 1 amide bonds. The van der Waals surface area contributed by atoms with Crippen LogP contribution in [0.4, 0.5) is 0 Å². The van der Waals surface area contributed by atoms with E-state index in [0.717, 1.165) is 44.1 Å². The summed E-state index contributed by atoms with van der Waals surface area (Å²) in [6.45, 7) is 8.42. The predicted molar refractivity (Wildman–Crippen MR) is 92.1 cm³/mol. The van der Waals surface area contributed by atoms with Gasteiger partial charge in [-0.1, -0.05) is 5.16 Å². The van der Waals surface area contributed by atoms with E-state index < -0.39 is 0 Å². The Labute approximate surface area is 149 Å². The van der Waals surface area contributed by atoms with Gasteiger partial charge in [-0.2, -0.15) is 0 Å². The van der Waals surface area contributed by atoms with Gasteiger partial charge in [-0.25, -0.2) is 0 Å². The Balaban J connectivity index is 1.45. The molecule has 2 aliphatic heterocycles. The number of amides is 1. The van der Waals surface area contributed by atoms with E-state index >= 15 is 0 Å². The molecular weight excluding hydrogens is 322 g/mol. The van der Waals surface area contributed by atoms with Crippen LogP contribution in [0.25, 0.3) is 0 Å². The van der Waals surface area contributed by atoms with E-state index in [4.69, 9.17) is 14.0 Å². The Morgan fingerprint density at radius 2 is 2.16 bits per heavy atom. The van der Waals surface area contributed by atoms with E-state index in [-0.39, 0.29) is 12.5 Å². The summed E-state index contributed by atoms with van der Waals surface area (Å²) >= 11 is 0. The van der Waals surface area contributed by atoms with Crippen LogP contribution in [0.1, 0.15) is 23.4 Å². The van der Waals surface area contributed by atoms with E-state index in [9.17, 15) is 4.79 Å². The number of fused-ring (bicyclic) bond motifs is 1. The summed E-state index contributed by atoms with van der Waals surface area (Å²) in [6, 6.07) is 0. The van der Waals surface area contributed by atoms with Crippen molar-refractivity contribution in [2.45, 2.75) is 32.9 Å². The van der Waals surface area contributed by atoms with Gasteiger partial charge < -0.3 is 18.9 Å². The van der Waals surface area contributed by atoms with Crippen LogP contribution in [0.3, 0.4) is 0 Å². The molecule has 3 atom stereocenters. The van der Waals surface area contributed by atoms with E-state index in [1.54, 1.807) is 19.0 Å². The average Bonchev–Trinajstić information content (AvgIpc) is 3.22. The molecule has 0 spiro atoms. The lowest BCUT2D eigenvalue weighted by atomic mass is 9.91. The van der Waals surface area contributed by atoms with E-state index in [1.165, 1.54) is 5.56 Å². The second-order valence-electron chi connectivity index (χ2n) is 7.42. The Kier molecular flexibility index (Phi) is 5.76. The van der Waals surface area contributed by atoms with Gasteiger partial charge in [-0.05, 0) is 26.2 Å². The number of carbonyl (C=O) groups excluding carboxylic acids is 1. The van der Waals surface area contributed by atoms with Crippen molar-refractivity contribution in [1.29, 1.82) is 0 Å². The predicted octanol–water partition coefficient (Wildman–Crippen LogP) is 1.23. The molecule has 3 rings (SSSR count). The quantitative estimate of drug-likeness (QED) is 0.689. The summed E-state index contributed by atoms with van der Waals surface area (Å²) in [6.07, 6.45) is 1.26. The number of aryl methyl sites for hydroxylation is 2. The minimum Gasteiger partial charge on any atom is -0.376 e. The lowest BCUT2D eigenvalue weighted by molar-refractivity contribution is -0.133. The fourth-order valence-corrected chi connectivity index (χ4v) is 3.78. The highest BCUT2D eigenvalue weighted by molar-refractivity contribution is 5.76. The number of nitrogens with zero attached hydrogens (tertiary/aromatic N) is 3. The largest absolute Gasteiger partial charge is 0.376 e. The number of likely N-dealkylation sites (tertiary alicyclic amines) is 1.